The van der Waals surface area contributed by atoms with Crippen molar-refractivity contribution >= 4 is 40.6 Å². The Morgan fingerprint density at radius 3 is 2.33 bits per heavy atom. The van der Waals surface area contributed by atoms with Crippen LogP contribution in [0.4, 0.5) is 15.3 Å². The third-order valence-corrected chi connectivity index (χ3v) is 5.93. The number of carbonyl (C=O) groups excluding carboxylic acids is 2. The van der Waals surface area contributed by atoms with Crippen molar-refractivity contribution in [2.45, 2.75) is 58.7 Å². The number of ether oxygens (including phenoxy) is 2. The van der Waals surface area contributed by atoms with Crippen molar-refractivity contribution in [3.8, 4) is 11.1 Å². The molecule has 3 N–H and O–H groups in total. The Kier molecular flexibility index (Phi) is 7.88. The molecule has 39 heavy (non-hydrogen) atoms. The van der Waals surface area contributed by atoms with E-state index >= 15 is 0 Å². The maximum Gasteiger partial charge on any atom is 0.412 e. The fraction of sp³-hybridized carbons (Fsp3) is 0.300. The molecule has 0 aliphatic heterocycles. The van der Waals surface area contributed by atoms with Crippen LogP contribution in [0.15, 0.2) is 65.1 Å². The zero-order chi connectivity index (χ0) is 28.4. The molecule has 0 saturated carbocycles. The molecule has 2 amide bonds. The number of benzene rings is 3. The van der Waals surface area contributed by atoms with Gasteiger partial charge >= 0.3 is 12.2 Å². The summed E-state index contributed by atoms with van der Waals surface area (Å²) in [5, 5.41) is 3.36. The molecule has 0 saturated heterocycles. The van der Waals surface area contributed by atoms with Crippen molar-refractivity contribution in [2.24, 2.45) is 5.73 Å². The Balaban J connectivity index is 1.64. The Hall–Kier alpha value is -4.04. The van der Waals surface area contributed by atoms with Gasteiger partial charge < -0.3 is 19.6 Å². The second-order valence-electron chi connectivity index (χ2n) is 11.0. The highest BCUT2D eigenvalue weighted by atomic mass is 35.5. The van der Waals surface area contributed by atoms with E-state index in [0.717, 1.165) is 22.3 Å². The van der Waals surface area contributed by atoms with Crippen molar-refractivity contribution in [3.63, 3.8) is 0 Å². The Morgan fingerprint density at radius 2 is 1.69 bits per heavy atom. The van der Waals surface area contributed by atoms with E-state index in [2.05, 4.69) is 11.4 Å². The number of anilines is 1. The standard InChI is InChI=1S/C30H32ClN3O5/c1-29(2,3)39-28(36)33-22-11-9-18(10-12-22)13-19-14-23(20-7-6-8-21(31)16-20)26-24(15-19)37-25(34-26)17-30(4,5)38-27(32)35/h6-12,14-16H,13,17H2,1-5H3,(H2,32,35)(H,33,36). The number of hydrogen-bond acceptors (Lipinski definition) is 6. The van der Waals surface area contributed by atoms with Gasteiger partial charge in [0.15, 0.2) is 11.5 Å². The number of nitrogens with two attached hydrogens (primary N) is 1. The first-order valence-corrected chi connectivity index (χ1v) is 12.9. The molecule has 0 aliphatic carbocycles. The van der Waals surface area contributed by atoms with Gasteiger partial charge in [-0.1, -0.05) is 35.9 Å². The van der Waals surface area contributed by atoms with Gasteiger partial charge in [-0.15, -0.1) is 0 Å². The Morgan fingerprint density at radius 1 is 0.974 bits per heavy atom. The molecule has 204 valence electrons. The monoisotopic (exact) mass is 549 g/mol. The summed E-state index contributed by atoms with van der Waals surface area (Å²) >= 11 is 6.30. The molecule has 4 aromatic rings. The van der Waals surface area contributed by atoms with Gasteiger partial charge in [-0.3, -0.25) is 5.32 Å². The number of nitrogens with zero attached hydrogens (tertiary/aromatic N) is 1. The summed E-state index contributed by atoms with van der Waals surface area (Å²) in [4.78, 5) is 28.1. The lowest BCUT2D eigenvalue weighted by Gasteiger charge is -2.21. The van der Waals surface area contributed by atoms with Crippen molar-refractivity contribution in [2.75, 3.05) is 5.32 Å². The number of primary amides is 1. The minimum atomic E-state index is -0.888. The van der Waals surface area contributed by atoms with Gasteiger partial charge in [0.25, 0.3) is 0 Å². The SMILES string of the molecule is CC(C)(C)OC(=O)Nc1ccc(Cc2cc(-c3cccc(Cl)c3)c3nc(CC(C)(C)OC(N)=O)oc3c2)cc1. The van der Waals surface area contributed by atoms with E-state index in [0.29, 0.717) is 34.1 Å². The van der Waals surface area contributed by atoms with Crippen LogP contribution in [-0.2, 0) is 22.3 Å². The number of fused-ring (bicyclic) bond motifs is 1. The first-order chi connectivity index (χ1) is 18.3. The number of rotatable bonds is 7. The van der Waals surface area contributed by atoms with Crippen molar-refractivity contribution in [1.29, 1.82) is 0 Å². The maximum atomic E-state index is 12.1. The van der Waals surface area contributed by atoms with Crippen LogP contribution >= 0.6 is 11.6 Å². The summed E-state index contributed by atoms with van der Waals surface area (Å²) in [6.07, 6.45) is -0.494. The van der Waals surface area contributed by atoms with Gasteiger partial charge in [0.1, 0.15) is 16.7 Å². The zero-order valence-corrected chi connectivity index (χ0v) is 23.4. The van der Waals surface area contributed by atoms with Crippen molar-refractivity contribution < 1.29 is 23.5 Å². The summed E-state index contributed by atoms with van der Waals surface area (Å²) in [5.74, 6) is 0.425. The molecule has 0 spiro atoms. The molecule has 0 unspecified atom stereocenters. The number of aromatic nitrogens is 1. The summed E-state index contributed by atoms with van der Waals surface area (Å²) in [7, 11) is 0. The van der Waals surface area contributed by atoms with E-state index in [9.17, 15) is 9.59 Å². The van der Waals surface area contributed by atoms with Gasteiger partial charge in [0.05, 0.1) is 6.42 Å². The van der Waals surface area contributed by atoms with Crippen LogP contribution in [0.2, 0.25) is 5.02 Å². The van der Waals surface area contributed by atoms with Gasteiger partial charge in [0.2, 0.25) is 0 Å². The maximum absolute atomic E-state index is 12.1. The van der Waals surface area contributed by atoms with Crippen molar-refractivity contribution in [3.05, 3.63) is 82.7 Å². The number of nitrogens with one attached hydrogen (secondary N) is 1. The van der Waals surface area contributed by atoms with Crippen LogP contribution in [-0.4, -0.2) is 28.4 Å². The first kappa shape index (κ1) is 28.0. The van der Waals surface area contributed by atoms with Crippen LogP contribution < -0.4 is 11.1 Å². The number of carbonyl (C=O) groups is 2. The molecule has 3 aromatic carbocycles. The number of oxazole rings is 1. The second kappa shape index (κ2) is 11.0. The lowest BCUT2D eigenvalue weighted by atomic mass is 9.97. The number of halogens is 1. The molecule has 0 bridgehead atoms. The first-order valence-electron chi connectivity index (χ1n) is 12.5. The normalized spacial score (nSPS) is 11.8. The average molecular weight is 550 g/mol. The van der Waals surface area contributed by atoms with E-state index in [-0.39, 0.29) is 6.42 Å². The lowest BCUT2D eigenvalue weighted by Crippen LogP contribution is -2.33. The second-order valence-corrected chi connectivity index (χ2v) is 11.4. The molecule has 9 heteroatoms. The number of amides is 2. The molecule has 0 aliphatic rings. The summed E-state index contributed by atoms with van der Waals surface area (Å²) in [5.41, 5.74) is 9.50. The molecular formula is C30H32ClN3O5. The summed E-state index contributed by atoms with van der Waals surface area (Å²) in [6, 6.07) is 19.1. The van der Waals surface area contributed by atoms with E-state index in [1.165, 1.54) is 0 Å². The van der Waals surface area contributed by atoms with Crippen molar-refractivity contribution in [1.82, 2.24) is 4.98 Å². The largest absolute Gasteiger partial charge is 0.444 e. The molecule has 8 nitrogen and oxygen atoms in total. The molecule has 0 radical (unpaired) electrons. The van der Waals surface area contributed by atoms with Crippen LogP contribution in [0.25, 0.3) is 22.2 Å². The van der Waals surface area contributed by atoms with E-state index in [1.54, 1.807) is 13.8 Å². The van der Waals surface area contributed by atoms with E-state index in [1.807, 2.05) is 75.4 Å². The third-order valence-electron chi connectivity index (χ3n) is 5.70. The van der Waals surface area contributed by atoms with Crippen LogP contribution in [0.5, 0.6) is 0 Å². The van der Waals surface area contributed by atoms with Gasteiger partial charge in [-0.05, 0) is 94.1 Å². The quantitative estimate of drug-likeness (QED) is 0.246. The fourth-order valence-corrected chi connectivity index (χ4v) is 4.41. The predicted molar refractivity (Wildman–Crippen MR) is 152 cm³/mol. The molecular weight excluding hydrogens is 518 g/mol. The number of hydrogen-bond donors (Lipinski definition) is 2. The van der Waals surface area contributed by atoms with Gasteiger partial charge in [0, 0.05) is 16.3 Å². The van der Waals surface area contributed by atoms with E-state index < -0.39 is 23.4 Å². The van der Waals surface area contributed by atoms with Crippen LogP contribution in [0, 0.1) is 0 Å². The highest BCUT2D eigenvalue weighted by Gasteiger charge is 2.26. The summed E-state index contributed by atoms with van der Waals surface area (Å²) < 4.78 is 16.7. The highest BCUT2D eigenvalue weighted by molar-refractivity contribution is 6.30. The highest BCUT2D eigenvalue weighted by Crippen LogP contribution is 2.33. The zero-order valence-electron chi connectivity index (χ0n) is 22.6. The topological polar surface area (TPSA) is 117 Å². The smallest absolute Gasteiger partial charge is 0.412 e. The summed E-state index contributed by atoms with van der Waals surface area (Å²) in [6.45, 7) is 8.95. The minimum Gasteiger partial charge on any atom is -0.444 e. The van der Waals surface area contributed by atoms with Gasteiger partial charge in [-0.25, -0.2) is 14.6 Å². The van der Waals surface area contributed by atoms with Gasteiger partial charge in [-0.2, -0.15) is 0 Å². The molecule has 1 heterocycles. The van der Waals surface area contributed by atoms with E-state index in [4.69, 9.17) is 36.2 Å². The van der Waals surface area contributed by atoms with Crippen LogP contribution in [0.1, 0.15) is 51.6 Å². The Bertz CT molecular complexity index is 1500. The predicted octanol–water partition coefficient (Wildman–Crippen LogP) is 7.50. The minimum absolute atomic E-state index is 0.251. The molecule has 0 fully saturated rings. The third kappa shape index (κ3) is 7.74. The average Bonchev–Trinajstić information content (AvgIpc) is 3.19. The molecule has 4 rings (SSSR count). The molecule has 0 atom stereocenters. The van der Waals surface area contributed by atoms with Crippen LogP contribution in [0.3, 0.4) is 0 Å². The Labute approximate surface area is 232 Å². The fourth-order valence-electron chi connectivity index (χ4n) is 4.22. The lowest BCUT2D eigenvalue weighted by molar-refractivity contribution is 0.0417. The molecule has 1 aromatic heterocycles.